The third-order valence-corrected chi connectivity index (χ3v) is 4.52. The van der Waals surface area contributed by atoms with E-state index in [2.05, 4.69) is 16.4 Å². The number of hydrogen-bond acceptors (Lipinski definition) is 3. The third-order valence-electron chi connectivity index (χ3n) is 4.52. The van der Waals surface area contributed by atoms with Crippen molar-refractivity contribution in [3.63, 3.8) is 0 Å². The van der Waals surface area contributed by atoms with Crippen LogP contribution in [0.25, 0.3) is 10.9 Å². The summed E-state index contributed by atoms with van der Waals surface area (Å²) in [6, 6.07) is 13.9. The van der Waals surface area contributed by atoms with Gasteiger partial charge < -0.3 is 15.0 Å². The molecule has 1 amide bonds. The number of fused-ring (bicyclic) bond motifs is 1. The maximum Gasteiger partial charge on any atom is 0.306 e. The summed E-state index contributed by atoms with van der Waals surface area (Å²) in [5, 5.41) is 3.95. The lowest BCUT2D eigenvalue weighted by Crippen LogP contribution is -2.21. The number of hydrogen-bond donors (Lipinski definition) is 2. The van der Waals surface area contributed by atoms with E-state index in [4.69, 9.17) is 4.74 Å². The number of aryl methyl sites for hydroxylation is 3. The molecule has 3 aromatic rings. The molecule has 0 aliphatic heterocycles. The molecule has 140 valence electrons. The smallest absolute Gasteiger partial charge is 0.306 e. The molecule has 27 heavy (non-hydrogen) atoms. The number of aromatic amines is 1. The van der Waals surface area contributed by atoms with Crippen LogP contribution >= 0.6 is 0 Å². The summed E-state index contributed by atoms with van der Waals surface area (Å²) in [6.07, 6.45) is 3.73. The maximum atomic E-state index is 12.0. The Hall–Kier alpha value is -3.08. The van der Waals surface area contributed by atoms with Crippen molar-refractivity contribution < 1.29 is 14.3 Å². The first kappa shape index (κ1) is 18.7. The van der Waals surface area contributed by atoms with Crippen LogP contribution in [0.2, 0.25) is 0 Å². The van der Waals surface area contributed by atoms with E-state index in [0.29, 0.717) is 6.42 Å². The number of carbonyl (C=O) groups is 2. The van der Waals surface area contributed by atoms with Crippen molar-refractivity contribution in [1.82, 2.24) is 4.98 Å². The van der Waals surface area contributed by atoms with E-state index in [1.807, 2.05) is 56.4 Å². The van der Waals surface area contributed by atoms with Crippen molar-refractivity contribution in [2.45, 2.75) is 33.1 Å². The predicted octanol–water partition coefficient (Wildman–Crippen LogP) is 4.29. The van der Waals surface area contributed by atoms with Crippen LogP contribution in [0, 0.1) is 13.8 Å². The number of benzene rings is 2. The van der Waals surface area contributed by atoms with Gasteiger partial charge in [0.1, 0.15) is 0 Å². The van der Waals surface area contributed by atoms with Gasteiger partial charge in [0.2, 0.25) is 0 Å². The molecule has 1 aromatic heterocycles. The van der Waals surface area contributed by atoms with Crippen LogP contribution in [0.15, 0.2) is 48.7 Å². The van der Waals surface area contributed by atoms with E-state index in [-0.39, 0.29) is 24.9 Å². The number of amides is 1. The largest absolute Gasteiger partial charge is 0.456 e. The van der Waals surface area contributed by atoms with Crippen LogP contribution in [0.5, 0.6) is 0 Å². The summed E-state index contributed by atoms with van der Waals surface area (Å²) in [5.41, 5.74) is 5.13. The molecule has 3 rings (SSSR count). The molecular formula is C22H24N2O3. The van der Waals surface area contributed by atoms with Crippen LogP contribution in [-0.2, 0) is 20.7 Å². The Morgan fingerprint density at radius 3 is 2.74 bits per heavy atom. The average molecular weight is 364 g/mol. The van der Waals surface area contributed by atoms with E-state index >= 15 is 0 Å². The number of rotatable bonds is 7. The summed E-state index contributed by atoms with van der Waals surface area (Å²) in [6.45, 7) is 3.66. The number of carbonyl (C=O) groups excluding carboxylic acids is 2. The van der Waals surface area contributed by atoms with Crippen molar-refractivity contribution in [1.29, 1.82) is 0 Å². The number of para-hydroxylation sites is 1. The number of aromatic nitrogens is 1. The summed E-state index contributed by atoms with van der Waals surface area (Å²) in [5.74, 6) is -0.683. The number of anilines is 1. The van der Waals surface area contributed by atoms with Crippen molar-refractivity contribution in [2.24, 2.45) is 0 Å². The van der Waals surface area contributed by atoms with Gasteiger partial charge in [-0.05, 0) is 49.9 Å². The topological polar surface area (TPSA) is 71.2 Å². The van der Waals surface area contributed by atoms with Gasteiger partial charge in [0.25, 0.3) is 5.91 Å². The molecule has 2 N–H and O–H groups in total. The Bertz CT molecular complexity index is 959. The summed E-state index contributed by atoms with van der Waals surface area (Å²) in [4.78, 5) is 27.1. The van der Waals surface area contributed by atoms with Crippen LogP contribution in [0.4, 0.5) is 5.69 Å². The van der Waals surface area contributed by atoms with Gasteiger partial charge in [-0.25, -0.2) is 0 Å². The van der Waals surface area contributed by atoms with Gasteiger partial charge in [-0.2, -0.15) is 0 Å². The van der Waals surface area contributed by atoms with E-state index in [9.17, 15) is 9.59 Å². The minimum atomic E-state index is -0.356. The summed E-state index contributed by atoms with van der Waals surface area (Å²) >= 11 is 0. The normalized spacial score (nSPS) is 10.7. The standard InChI is InChI=1S/C22H24N2O3/c1-15-10-11-19(16(2)12-15)24-21(25)14-27-22(26)9-5-6-17-13-23-20-8-4-3-7-18(17)20/h3-4,7-8,10-13,23H,5-6,9,14H2,1-2H3,(H,24,25). The average Bonchev–Trinajstić information content (AvgIpc) is 3.06. The second-order valence-corrected chi connectivity index (χ2v) is 6.74. The number of ether oxygens (including phenoxy) is 1. The highest BCUT2D eigenvalue weighted by Gasteiger charge is 2.10. The van der Waals surface area contributed by atoms with Gasteiger partial charge in [0, 0.05) is 29.2 Å². The number of nitrogens with one attached hydrogen (secondary N) is 2. The maximum absolute atomic E-state index is 12.0. The zero-order valence-corrected chi connectivity index (χ0v) is 15.7. The minimum Gasteiger partial charge on any atom is -0.456 e. The number of esters is 1. The van der Waals surface area contributed by atoms with Gasteiger partial charge >= 0.3 is 5.97 Å². The van der Waals surface area contributed by atoms with Crippen molar-refractivity contribution in [3.8, 4) is 0 Å². The fourth-order valence-electron chi connectivity index (χ4n) is 3.12. The van der Waals surface area contributed by atoms with Crippen molar-refractivity contribution in [2.75, 3.05) is 11.9 Å². The van der Waals surface area contributed by atoms with Gasteiger partial charge in [0.15, 0.2) is 6.61 Å². The van der Waals surface area contributed by atoms with Gasteiger partial charge in [-0.1, -0.05) is 35.9 Å². The van der Waals surface area contributed by atoms with Crippen molar-refractivity contribution in [3.05, 3.63) is 65.4 Å². The Morgan fingerprint density at radius 1 is 1.11 bits per heavy atom. The first-order valence-corrected chi connectivity index (χ1v) is 9.10. The van der Waals surface area contributed by atoms with Gasteiger partial charge in [-0.15, -0.1) is 0 Å². The fourth-order valence-corrected chi connectivity index (χ4v) is 3.12. The minimum absolute atomic E-state index is 0.265. The Morgan fingerprint density at radius 2 is 1.93 bits per heavy atom. The first-order chi connectivity index (χ1) is 13.0. The highest BCUT2D eigenvalue weighted by Crippen LogP contribution is 2.19. The van der Waals surface area contributed by atoms with Crippen LogP contribution in [0.1, 0.15) is 29.5 Å². The second kappa shape index (κ2) is 8.54. The van der Waals surface area contributed by atoms with E-state index in [1.54, 1.807) is 0 Å². The monoisotopic (exact) mass is 364 g/mol. The van der Waals surface area contributed by atoms with E-state index in [1.165, 1.54) is 10.9 Å². The quantitative estimate of drug-likeness (QED) is 0.614. The lowest BCUT2D eigenvalue weighted by molar-refractivity contribution is -0.147. The van der Waals surface area contributed by atoms with Gasteiger partial charge in [-0.3, -0.25) is 9.59 Å². The lowest BCUT2D eigenvalue weighted by Gasteiger charge is -2.09. The fraction of sp³-hybridized carbons (Fsp3) is 0.273. The molecule has 0 radical (unpaired) electrons. The Balaban J connectivity index is 1.41. The molecule has 0 saturated heterocycles. The van der Waals surface area contributed by atoms with Gasteiger partial charge in [0.05, 0.1) is 0 Å². The van der Waals surface area contributed by atoms with Crippen LogP contribution < -0.4 is 5.32 Å². The lowest BCUT2D eigenvalue weighted by atomic mass is 10.1. The highest BCUT2D eigenvalue weighted by molar-refractivity contribution is 5.93. The highest BCUT2D eigenvalue weighted by atomic mass is 16.5. The zero-order valence-electron chi connectivity index (χ0n) is 15.7. The molecule has 0 fully saturated rings. The number of H-pyrrole nitrogens is 1. The first-order valence-electron chi connectivity index (χ1n) is 9.10. The molecule has 0 spiro atoms. The molecule has 0 bridgehead atoms. The Labute approximate surface area is 158 Å². The molecule has 0 aliphatic rings. The van der Waals surface area contributed by atoms with E-state index in [0.717, 1.165) is 28.8 Å². The molecule has 2 aromatic carbocycles. The van der Waals surface area contributed by atoms with E-state index < -0.39 is 0 Å². The molecular weight excluding hydrogens is 340 g/mol. The molecule has 0 aliphatic carbocycles. The molecule has 1 heterocycles. The molecule has 0 unspecified atom stereocenters. The van der Waals surface area contributed by atoms with Crippen LogP contribution in [0.3, 0.4) is 0 Å². The molecule has 0 atom stereocenters. The summed E-state index contributed by atoms with van der Waals surface area (Å²) in [7, 11) is 0. The van der Waals surface area contributed by atoms with Crippen LogP contribution in [-0.4, -0.2) is 23.5 Å². The van der Waals surface area contributed by atoms with Crippen molar-refractivity contribution >= 4 is 28.5 Å². The molecule has 5 nitrogen and oxygen atoms in total. The zero-order chi connectivity index (χ0) is 19.2. The predicted molar refractivity (Wildman–Crippen MR) is 107 cm³/mol. The molecule has 5 heteroatoms. The summed E-state index contributed by atoms with van der Waals surface area (Å²) < 4.78 is 5.09. The molecule has 0 saturated carbocycles. The SMILES string of the molecule is Cc1ccc(NC(=O)COC(=O)CCCc2c[nH]c3ccccc23)c(C)c1. The Kier molecular flexibility index (Phi) is 5.91. The third kappa shape index (κ3) is 4.97. The second-order valence-electron chi connectivity index (χ2n) is 6.74.